The van der Waals surface area contributed by atoms with E-state index in [1.165, 1.54) is 83.5 Å². The highest BCUT2D eigenvalue weighted by atomic mass is 14.3. The van der Waals surface area contributed by atoms with E-state index in [9.17, 15) is 0 Å². The van der Waals surface area contributed by atoms with Crippen molar-refractivity contribution in [3.63, 3.8) is 0 Å². The molecule has 92 valence electrons. The summed E-state index contributed by atoms with van der Waals surface area (Å²) in [5.41, 5.74) is 1.84. The van der Waals surface area contributed by atoms with Crippen molar-refractivity contribution in [1.29, 1.82) is 0 Å². The van der Waals surface area contributed by atoms with Crippen LogP contribution in [0.1, 0.15) is 83.5 Å². The van der Waals surface area contributed by atoms with Crippen LogP contribution < -0.4 is 0 Å². The second-order valence-electron chi connectivity index (χ2n) is 5.77. The van der Waals surface area contributed by atoms with Crippen molar-refractivity contribution in [2.24, 2.45) is 5.92 Å². The minimum atomic E-state index is 1.00. The maximum absolute atomic E-state index is 2.62. The Hall–Kier alpha value is -0.260. The van der Waals surface area contributed by atoms with Crippen molar-refractivity contribution >= 4 is 0 Å². The molecule has 0 N–H and O–H groups in total. The first-order chi connectivity index (χ1) is 7.97. The second-order valence-corrected chi connectivity index (χ2v) is 5.77. The van der Waals surface area contributed by atoms with Crippen LogP contribution in [-0.2, 0) is 0 Å². The first-order valence-electron chi connectivity index (χ1n) is 7.66. The monoisotopic (exact) mass is 220 g/mol. The molecule has 16 heavy (non-hydrogen) atoms. The molecule has 0 nitrogen and oxygen atoms in total. The van der Waals surface area contributed by atoms with Crippen LogP contribution in [0.3, 0.4) is 0 Å². The predicted molar refractivity (Wildman–Crippen MR) is 71.6 cm³/mol. The Labute approximate surface area is 102 Å². The van der Waals surface area contributed by atoms with Gasteiger partial charge in [-0.15, -0.1) is 0 Å². The average molecular weight is 220 g/mol. The van der Waals surface area contributed by atoms with Crippen LogP contribution in [0.25, 0.3) is 0 Å². The topological polar surface area (TPSA) is 0 Å². The summed E-state index contributed by atoms with van der Waals surface area (Å²) in [5.74, 6) is 1.00. The first-order valence-corrected chi connectivity index (χ1v) is 7.66. The first kappa shape index (κ1) is 12.2. The molecule has 0 aromatic rings. The van der Waals surface area contributed by atoms with Crippen molar-refractivity contribution in [3.05, 3.63) is 11.6 Å². The van der Waals surface area contributed by atoms with Crippen LogP contribution in [0.4, 0.5) is 0 Å². The number of hydrogen-bond acceptors (Lipinski definition) is 0. The fourth-order valence-electron chi connectivity index (χ4n) is 3.07. The molecule has 2 aliphatic rings. The average Bonchev–Trinajstić information content (AvgIpc) is 2.19. The largest absolute Gasteiger partial charge is 0.0851 e. The van der Waals surface area contributed by atoms with Crippen LogP contribution in [0.15, 0.2) is 11.6 Å². The number of hydrogen-bond donors (Lipinski definition) is 0. The molecule has 0 heterocycles. The van der Waals surface area contributed by atoms with Gasteiger partial charge in [-0.1, -0.05) is 56.6 Å². The molecule has 0 unspecified atom stereocenters. The van der Waals surface area contributed by atoms with Gasteiger partial charge in [-0.3, -0.25) is 0 Å². The summed E-state index contributed by atoms with van der Waals surface area (Å²) in [4.78, 5) is 0. The second kappa shape index (κ2) is 7.14. The minimum Gasteiger partial charge on any atom is -0.0851 e. The van der Waals surface area contributed by atoms with Gasteiger partial charge in [0.1, 0.15) is 0 Å². The Morgan fingerprint density at radius 3 is 1.94 bits per heavy atom. The van der Waals surface area contributed by atoms with E-state index in [1.807, 2.05) is 5.57 Å². The summed E-state index contributed by atoms with van der Waals surface area (Å²) >= 11 is 0. The van der Waals surface area contributed by atoms with Crippen molar-refractivity contribution < 1.29 is 0 Å². The normalized spacial score (nSPS) is 26.1. The third-order valence-corrected chi connectivity index (χ3v) is 4.46. The lowest BCUT2D eigenvalue weighted by Gasteiger charge is -2.28. The Balaban J connectivity index is 1.81. The van der Waals surface area contributed by atoms with Crippen molar-refractivity contribution in [1.82, 2.24) is 0 Å². The molecular weight excluding hydrogens is 192 g/mol. The number of rotatable bonds is 1. The quantitative estimate of drug-likeness (QED) is 0.502. The molecule has 0 aliphatic heterocycles. The molecule has 2 aliphatic carbocycles. The zero-order valence-corrected chi connectivity index (χ0v) is 10.8. The van der Waals surface area contributed by atoms with E-state index in [2.05, 4.69) is 6.08 Å². The Bertz CT molecular complexity index is 210. The zero-order valence-electron chi connectivity index (χ0n) is 10.8. The van der Waals surface area contributed by atoms with Gasteiger partial charge in [0.2, 0.25) is 0 Å². The van der Waals surface area contributed by atoms with Crippen LogP contribution in [0.5, 0.6) is 0 Å². The third kappa shape index (κ3) is 3.96. The van der Waals surface area contributed by atoms with E-state index < -0.39 is 0 Å². The fraction of sp³-hybridized carbons (Fsp3) is 0.875. The van der Waals surface area contributed by atoms with Crippen LogP contribution in [0.2, 0.25) is 0 Å². The fourth-order valence-corrected chi connectivity index (χ4v) is 3.07. The van der Waals surface area contributed by atoms with E-state index >= 15 is 0 Å². The molecule has 0 atom stereocenters. The van der Waals surface area contributed by atoms with Gasteiger partial charge in [0.25, 0.3) is 0 Å². The summed E-state index contributed by atoms with van der Waals surface area (Å²) in [6.07, 6.45) is 21.7. The summed E-state index contributed by atoms with van der Waals surface area (Å²) in [7, 11) is 0. The van der Waals surface area contributed by atoms with Gasteiger partial charge in [0, 0.05) is 0 Å². The lowest BCUT2D eigenvalue weighted by molar-refractivity contribution is 0.354. The minimum absolute atomic E-state index is 1.00. The third-order valence-electron chi connectivity index (χ3n) is 4.46. The molecule has 0 bridgehead atoms. The van der Waals surface area contributed by atoms with Crippen LogP contribution >= 0.6 is 0 Å². The Morgan fingerprint density at radius 1 is 0.688 bits per heavy atom. The lowest BCUT2D eigenvalue weighted by Crippen LogP contribution is -2.14. The van der Waals surface area contributed by atoms with E-state index in [1.54, 1.807) is 0 Å². The van der Waals surface area contributed by atoms with Gasteiger partial charge in [-0.2, -0.15) is 0 Å². The lowest BCUT2D eigenvalue weighted by atomic mass is 9.77. The molecule has 1 fully saturated rings. The highest BCUT2D eigenvalue weighted by molar-refractivity contribution is 5.09. The Morgan fingerprint density at radius 2 is 1.31 bits per heavy atom. The smallest absolute Gasteiger partial charge is 0.0203 e. The molecule has 0 spiro atoms. The molecule has 2 rings (SSSR count). The maximum atomic E-state index is 2.62. The van der Waals surface area contributed by atoms with Crippen molar-refractivity contribution in [2.45, 2.75) is 83.5 Å². The van der Waals surface area contributed by atoms with E-state index in [4.69, 9.17) is 0 Å². The Kier molecular flexibility index (Phi) is 5.45. The standard InChI is InChI=1S/C16H28/c1-2-4-6-8-11-15(16-13-10-14-16)12-9-7-5-3-1/h11,16H,1-10,12-14H2. The molecule has 0 heteroatoms. The van der Waals surface area contributed by atoms with Crippen molar-refractivity contribution in [2.75, 3.05) is 0 Å². The van der Waals surface area contributed by atoms with Gasteiger partial charge >= 0.3 is 0 Å². The summed E-state index contributed by atoms with van der Waals surface area (Å²) in [6.45, 7) is 0. The van der Waals surface area contributed by atoms with Gasteiger partial charge < -0.3 is 0 Å². The maximum Gasteiger partial charge on any atom is -0.0203 e. The van der Waals surface area contributed by atoms with Crippen molar-refractivity contribution in [3.8, 4) is 0 Å². The van der Waals surface area contributed by atoms with Gasteiger partial charge in [-0.25, -0.2) is 0 Å². The van der Waals surface area contributed by atoms with E-state index in [-0.39, 0.29) is 0 Å². The highest BCUT2D eigenvalue weighted by Gasteiger charge is 2.20. The number of allylic oxidation sites excluding steroid dienone is 2. The molecule has 1 saturated carbocycles. The molecular formula is C16H28. The summed E-state index contributed by atoms with van der Waals surface area (Å²) in [5, 5.41) is 0. The molecule has 0 saturated heterocycles. The molecule has 0 aromatic heterocycles. The predicted octanol–water partition coefficient (Wildman–Crippen LogP) is 5.63. The SMILES string of the molecule is C1=C(C2CCC2)CCCCCCCCCC1. The van der Waals surface area contributed by atoms with E-state index in [0.717, 1.165) is 5.92 Å². The van der Waals surface area contributed by atoms with Gasteiger partial charge in [-0.05, 0) is 44.4 Å². The van der Waals surface area contributed by atoms with Gasteiger partial charge in [0.15, 0.2) is 0 Å². The highest BCUT2D eigenvalue weighted by Crippen LogP contribution is 2.36. The molecule has 0 aromatic carbocycles. The summed E-state index contributed by atoms with van der Waals surface area (Å²) < 4.78 is 0. The van der Waals surface area contributed by atoms with Gasteiger partial charge in [0.05, 0.1) is 0 Å². The molecule has 0 radical (unpaired) electrons. The molecule has 0 amide bonds. The van der Waals surface area contributed by atoms with E-state index in [0.29, 0.717) is 0 Å². The zero-order chi connectivity index (χ0) is 11.1. The summed E-state index contributed by atoms with van der Waals surface area (Å²) in [6, 6.07) is 0. The van der Waals surface area contributed by atoms with Crippen LogP contribution in [0, 0.1) is 5.92 Å². The van der Waals surface area contributed by atoms with Crippen LogP contribution in [-0.4, -0.2) is 0 Å².